The largest absolute Gasteiger partial charge is 0.493 e. The summed E-state index contributed by atoms with van der Waals surface area (Å²) < 4.78 is 10.6. The highest BCUT2D eigenvalue weighted by Gasteiger charge is 2.19. The molecule has 1 aliphatic rings. The number of hydrogen-bond acceptors (Lipinski definition) is 6. The molecule has 8 heteroatoms. The Labute approximate surface area is 175 Å². The molecule has 2 heterocycles. The smallest absolute Gasteiger partial charge is 0.255 e. The minimum Gasteiger partial charge on any atom is -0.493 e. The number of carbonyl (C=O) groups excluding carboxylic acids is 2. The van der Waals surface area contributed by atoms with Gasteiger partial charge in [-0.25, -0.2) is 0 Å². The number of piperazine rings is 1. The fourth-order valence-corrected chi connectivity index (χ4v) is 3.18. The number of aromatic nitrogens is 1. The Hall–Kier alpha value is -3.39. The fourth-order valence-electron chi connectivity index (χ4n) is 3.18. The second-order valence-electron chi connectivity index (χ2n) is 6.92. The van der Waals surface area contributed by atoms with Crippen molar-refractivity contribution in [2.45, 2.75) is 6.54 Å². The zero-order valence-corrected chi connectivity index (χ0v) is 17.0. The number of ether oxygens (including phenoxy) is 2. The number of methoxy groups -OCH3 is 1. The highest BCUT2D eigenvalue weighted by Crippen LogP contribution is 2.28. The number of amides is 2. The van der Waals surface area contributed by atoms with Crippen LogP contribution in [0.3, 0.4) is 0 Å². The zero-order valence-electron chi connectivity index (χ0n) is 17.0. The first kappa shape index (κ1) is 21.3. The van der Waals surface area contributed by atoms with Crippen molar-refractivity contribution in [1.29, 1.82) is 0 Å². The third-order valence-electron chi connectivity index (χ3n) is 4.77. The number of benzene rings is 1. The van der Waals surface area contributed by atoms with E-state index in [4.69, 9.17) is 15.2 Å². The SMILES string of the molecule is COc1cc(/C=C/C(=O)N2CCN(Cc3ccccn3)CC2)ccc1OCC(N)=O. The predicted molar refractivity (Wildman–Crippen MR) is 113 cm³/mol. The first-order valence-electron chi connectivity index (χ1n) is 9.73. The van der Waals surface area contributed by atoms with Crippen LogP contribution in [-0.4, -0.2) is 66.5 Å². The Bertz CT molecular complexity index is 893. The van der Waals surface area contributed by atoms with Crippen molar-refractivity contribution < 1.29 is 19.1 Å². The molecule has 158 valence electrons. The minimum absolute atomic E-state index is 0.0273. The van der Waals surface area contributed by atoms with E-state index < -0.39 is 5.91 Å². The molecule has 0 saturated carbocycles. The summed E-state index contributed by atoms with van der Waals surface area (Å²) in [5.74, 6) is 0.296. The number of rotatable bonds is 8. The van der Waals surface area contributed by atoms with Gasteiger partial charge in [-0.1, -0.05) is 12.1 Å². The van der Waals surface area contributed by atoms with E-state index in [0.29, 0.717) is 24.6 Å². The van der Waals surface area contributed by atoms with Crippen molar-refractivity contribution in [2.24, 2.45) is 5.73 Å². The predicted octanol–water partition coefficient (Wildman–Crippen LogP) is 1.31. The summed E-state index contributed by atoms with van der Waals surface area (Å²) in [5, 5.41) is 0. The van der Waals surface area contributed by atoms with Crippen molar-refractivity contribution in [3.05, 3.63) is 59.9 Å². The third kappa shape index (κ3) is 6.05. The maximum atomic E-state index is 12.5. The molecule has 1 aliphatic heterocycles. The summed E-state index contributed by atoms with van der Waals surface area (Å²) in [7, 11) is 1.51. The van der Waals surface area contributed by atoms with E-state index in [0.717, 1.165) is 30.9 Å². The van der Waals surface area contributed by atoms with Crippen LogP contribution in [-0.2, 0) is 16.1 Å². The van der Waals surface area contributed by atoms with Gasteiger partial charge in [0.1, 0.15) is 0 Å². The van der Waals surface area contributed by atoms with Crippen LogP contribution in [0.25, 0.3) is 6.08 Å². The minimum atomic E-state index is -0.563. The van der Waals surface area contributed by atoms with Crippen LogP contribution in [0, 0.1) is 0 Å². The van der Waals surface area contributed by atoms with Gasteiger partial charge < -0.3 is 20.1 Å². The van der Waals surface area contributed by atoms with E-state index in [9.17, 15) is 9.59 Å². The zero-order chi connectivity index (χ0) is 21.3. The first-order chi connectivity index (χ1) is 14.5. The molecule has 2 aromatic rings. The summed E-state index contributed by atoms with van der Waals surface area (Å²) in [5.41, 5.74) is 6.92. The molecule has 1 fully saturated rings. The van der Waals surface area contributed by atoms with Crippen LogP contribution < -0.4 is 15.2 Å². The fraction of sp³-hybridized carbons (Fsp3) is 0.318. The molecule has 3 rings (SSSR count). The first-order valence-corrected chi connectivity index (χ1v) is 9.73. The molecule has 30 heavy (non-hydrogen) atoms. The molecule has 1 aromatic heterocycles. The van der Waals surface area contributed by atoms with Gasteiger partial charge in [0.25, 0.3) is 5.91 Å². The lowest BCUT2D eigenvalue weighted by molar-refractivity contribution is -0.127. The molecular formula is C22H26N4O4. The Morgan fingerprint density at radius 2 is 1.93 bits per heavy atom. The molecule has 0 unspecified atom stereocenters. The molecule has 0 bridgehead atoms. The molecule has 2 N–H and O–H groups in total. The highest BCUT2D eigenvalue weighted by molar-refractivity contribution is 5.92. The Morgan fingerprint density at radius 3 is 2.60 bits per heavy atom. The number of primary amides is 1. The van der Waals surface area contributed by atoms with Gasteiger partial charge in [-0.15, -0.1) is 0 Å². The Balaban J connectivity index is 1.52. The number of nitrogens with two attached hydrogens (primary N) is 1. The van der Waals surface area contributed by atoms with Crippen LogP contribution in [0.4, 0.5) is 0 Å². The lowest BCUT2D eigenvalue weighted by Gasteiger charge is -2.34. The summed E-state index contributed by atoms with van der Waals surface area (Å²) in [6, 6.07) is 11.1. The van der Waals surface area contributed by atoms with E-state index in [2.05, 4.69) is 9.88 Å². The van der Waals surface area contributed by atoms with E-state index in [1.165, 1.54) is 7.11 Å². The van der Waals surface area contributed by atoms with Gasteiger partial charge in [0.15, 0.2) is 18.1 Å². The van der Waals surface area contributed by atoms with Crippen molar-refractivity contribution in [1.82, 2.24) is 14.8 Å². The quantitative estimate of drug-likeness (QED) is 0.659. The summed E-state index contributed by atoms with van der Waals surface area (Å²) in [6.45, 7) is 3.56. The van der Waals surface area contributed by atoms with Gasteiger partial charge in [0, 0.05) is 45.0 Å². The molecule has 0 atom stereocenters. The second kappa shape index (κ2) is 10.4. The molecule has 0 spiro atoms. The normalized spacial score (nSPS) is 14.6. The second-order valence-corrected chi connectivity index (χ2v) is 6.92. The van der Waals surface area contributed by atoms with E-state index >= 15 is 0 Å². The van der Waals surface area contributed by atoms with Crippen molar-refractivity contribution in [3.8, 4) is 11.5 Å². The van der Waals surface area contributed by atoms with Crippen molar-refractivity contribution in [2.75, 3.05) is 39.9 Å². The van der Waals surface area contributed by atoms with Gasteiger partial charge in [0.2, 0.25) is 5.91 Å². The maximum Gasteiger partial charge on any atom is 0.255 e. The number of hydrogen-bond donors (Lipinski definition) is 1. The van der Waals surface area contributed by atoms with E-state index in [1.807, 2.05) is 23.1 Å². The summed E-state index contributed by atoms with van der Waals surface area (Å²) in [6.07, 6.45) is 5.10. The highest BCUT2D eigenvalue weighted by atomic mass is 16.5. The van der Waals surface area contributed by atoms with E-state index in [-0.39, 0.29) is 12.5 Å². The molecular weight excluding hydrogens is 384 g/mol. The average Bonchev–Trinajstić information content (AvgIpc) is 2.77. The summed E-state index contributed by atoms with van der Waals surface area (Å²) >= 11 is 0. The molecule has 1 aromatic carbocycles. The molecule has 2 amide bonds. The van der Waals surface area contributed by atoms with Crippen LogP contribution >= 0.6 is 0 Å². The van der Waals surface area contributed by atoms with Crippen LogP contribution in [0.5, 0.6) is 11.5 Å². The number of pyridine rings is 1. The average molecular weight is 410 g/mol. The van der Waals surface area contributed by atoms with Crippen LogP contribution in [0.2, 0.25) is 0 Å². The molecule has 1 saturated heterocycles. The lowest BCUT2D eigenvalue weighted by Crippen LogP contribution is -2.47. The van der Waals surface area contributed by atoms with Crippen molar-refractivity contribution in [3.63, 3.8) is 0 Å². The van der Waals surface area contributed by atoms with Gasteiger partial charge in [0.05, 0.1) is 12.8 Å². The van der Waals surface area contributed by atoms with Gasteiger partial charge >= 0.3 is 0 Å². The molecule has 0 aliphatic carbocycles. The standard InChI is InChI=1S/C22H26N4O4/c1-29-20-14-17(5-7-19(20)30-16-21(23)27)6-8-22(28)26-12-10-25(11-13-26)15-18-4-2-3-9-24-18/h2-9,14H,10-13,15-16H2,1H3,(H2,23,27)/b8-6+. The Kier molecular flexibility index (Phi) is 7.40. The van der Waals surface area contributed by atoms with Crippen LogP contribution in [0.15, 0.2) is 48.7 Å². The van der Waals surface area contributed by atoms with Crippen LogP contribution in [0.1, 0.15) is 11.3 Å². The monoisotopic (exact) mass is 410 g/mol. The topological polar surface area (TPSA) is 98.0 Å². The maximum absolute atomic E-state index is 12.5. The van der Waals surface area contributed by atoms with Gasteiger partial charge in [-0.3, -0.25) is 19.5 Å². The molecule has 0 radical (unpaired) electrons. The van der Waals surface area contributed by atoms with Gasteiger partial charge in [-0.05, 0) is 35.9 Å². The van der Waals surface area contributed by atoms with Gasteiger partial charge in [-0.2, -0.15) is 0 Å². The molecule has 8 nitrogen and oxygen atoms in total. The van der Waals surface area contributed by atoms with E-state index in [1.54, 1.807) is 36.5 Å². The number of nitrogens with zero attached hydrogens (tertiary/aromatic N) is 3. The Morgan fingerprint density at radius 1 is 1.13 bits per heavy atom. The number of carbonyl (C=O) groups is 2. The summed E-state index contributed by atoms with van der Waals surface area (Å²) in [4.78, 5) is 31.9. The van der Waals surface area contributed by atoms with Crippen molar-refractivity contribution >= 4 is 17.9 Å². The lowest BCUT2D eigenvalue weighted by atomic mass is 10.2. The third-order valence-corrected chi connectivity index (χ3v) is 4.77.